The molecule has 2 atom stereocenters. The van der Waals surface area contributed by atoms with Crippen LogP contribution in [0.3, 0.4) is 0 Å². The highest BCUT2D eigenvalue weighted by atomic mass is 19.2. The van der Waals surface area contributed by atoms with E-state index in [1.54, 1.807) is 0 Å². The summed E-state index contributed by atoms with van der Waals surface area (Å²) in [5.74, 6) is -1.49. The van der Waals surface area contributed by atoms with Gasteiger partial charge in [0.25, 0.3) is 0 Å². The van der Waals surface area contributed by atoms with Crippen LogP contribution in [0.15, 0.2) is 0 Å². The van der Waals surface area contributed by atoms with Crippen molar-refractivity contribution in [1.29, 1.82) is 0 Å². The van der Waals surface area contributed by atoms with Gasteiger partial charge < -0.3 is 5.11 Å². The maximum absolute atomic E-state index is 12.7. The number of rotatable bonds is 0. The normalized spacial score (nSPS) is 45.0. The van der Waals surface area contributed by atoms with E-state index in [0.29, 0.717) is 18.8 Å². The zero-order valence-corrected chi connectivity index (χ0v) is 5.73. The summed E-state index contributed by atoms with van der Waals surface area (Å²) < 4.78 is 12.7. The van der Waals surface area contributed by atoms with Crippen molar-refractivity contribution in [1.82, 2.24) is 0 Å². The molecule has 1 nitrogen and oxygen atoms in total. The molecule has 0 aliphatic heterocycles. The molecule has 54 valence electrons. The van der Waals surface area contributed by atoms with Gasteiger partial charge in [-0.2, -0.15) is 0 Å². The summed E-state index contributed by atoms with van der Waals surface area (Å²) in [5.41, 5.74) is 0. The van der Waals surface area contributed by atoms with Crippen LogP contribution in [0.2, 0.25) is 0 Å². The van der Waals surface area contributed by atoms with Gasteiger partial charge in [-0.1, -0.05) is 13.3 Å². The summed E-state index contributed by atoms with van der Waals surface area (Å²) in [6.45, 7) is 1.98. The van der Waals surface area contributed by atoms with Crippen molar-refractivity contribution in [2.45, 2.75) is 38.5 Å². The molecule has 1 rings (SSSR count). The van der Waals surface area contributed by atoms with Gasteiger partial charge in [0.2, 0.25) is 5.85 Å². The fourth-order valence-corrected chi connectivity index (χ4v) is 1.46. The van der Waals surface area contributed by atoms with E-state index in [1.165, 1.54) is 0 Å². The first kappa shape index (κ1) is 7.00. The molecule has 2 unspecified atom stereocenters. The quantitative estimate of drug-likeness (QED) is 0.533. The van der Waals surface area contributed by atoms with Crippen LogP contribution in [0, 0.1) is 5.92 Å². The summed E-state index contributed by atoms with van der Waals surface area (Å²) in [6.07, 6.45) is 2.55. The fraction of sp³-hybridized carbons (Fsp3) is 1.00. The monoisotopic (exact) mass is 132 g/mol. The van der Waals surface area contributed by atoms with Gasteiger partial charge in [0, 0.05) is 12.8 Å². The maximum Gasteiger partial charge on any atom is 0.206 e. The minimum Gasteiger partial charge on any atom is -0.362 e. The van der Waals surface area contributed by atoms with E-state index in [-0.39, 0.29) is 0 Å². The Morgan fingerprint density at radius 3 is 2.67 bits per heavy atom. The van der Waals surface area contributed by atoms with Gasteiger partial charge in [-0.05, 0) is 12.3 Å². The lowest BCUT2D eigenvalue weighted by Gasteiger charge is -2.27. The molecule has 0 heterocycles. The molecule has 0 radical (unpaired) electrons. The van der Waals surface area contributed by atoms with E-state index in [2.05, 4.69) is 0 Å². The van der Waals surface area contributed by atoms with Crippen LogP contribution in [0.25, 0.3) is 0 Å². The van der Waals surface area contributed by atoms with Crippen LogP contribution in [0.4, 0.5) is 4.39 Å². The molecule has 1 aliphatic carbocycles. The second-order valence-corrected chi connectivity index (χ2v) is 3.12. The molecule has 0 bridgehead atoms. The minimum absolute atomic E-state index is 0.326. The smallest absolute Gasteiger partial charge is 0.206 e. The largest absolute Gasteiger partial charge is 0.362 e. The number of hydrogen-bond acceptors (Lipinski definition) is 1. The third kappa shape index (κ3) is 1.94. The zero-order chi connectivity index (χ0) is 6.91. The standard InChI is InChI=1S/C7H13FO/c1-6-3-2-4-7(8,9)5-6/h6,9H,2-5H2,1H3. The predicted molar refractivity (Wildman–Crippen MR) is 33.7 cm³/mol. The zero-order valence-electron chi connectivity index (χ0n) is 5.73. The van der Waals surface area contributed by atoms with Gasteiger partial charge in [0.05, 0.1) is 0 Å². The highest BCUT2D eigenvalue weighted by Crippen LogP contribution is 2.32. The number of hydrogen-bond donors (Lipinski definition) is 1. The van der Waals surface area contributed by atoms with Crippen molar-refractivity contribution >= 4 is 0 Å². The molecule has 1 N–H and O–H groups in total. The van der Waals surface area contributed by atoms with Crippen molar-refractivity contribution in [3.63, 3.8) is 0 Å². The summed E-state index contributed by atoms with van der Waals surface area (Å²) in [6, 6.07) is 0. The number of halogens is 1. The fourth-order valence-electron chi connectivity index (χ4n) is 1.46. The van der Waals surface area contributed by atoms with E-state index in [1.807, 2.05) is 6.92 Å². The second kappa shape index (κ2) is 2.25. The summed E-state index contributed by atoms with van der Waals surface area (Å²) in [5, 5.41) is 8.88. The van der Waals surface area contributed by atoms with E-state index in [0.717, 1.165) is 12.8 Å². The highest BCUT2D eigenvalue weighted by Gasteiger charge is 2.31. The van der Waals surface area contributed by atoms with Crippen molar-refractivity contribution in [3.05, 3.63) is 0 Å². The first-order valence-electron chi connectivity index (χ1n) is 3.51. The molecule has 0 spiro atoms. The Kier molecular flexibility index (Phi) is 1.75. The lowest BCUT2D eigenvalue weighted by molar-refractivity contribution is -0.125. The van der Waals surface area contributed by atoms with Gasteiger partial charge in [-0.3, -0.25) is 0 Å². The van der Waals surface area contributed by atoms with Crippen molar-refractivity contribution in [2.75, 3.05) is 0 Å². The first-order valence-corrected chi connectivity index (χ1v) is 3.51. The molecule has 0 aromatic rings. The van der Waals surface area contributed by atoms with Crippen molar-refractivity contribution < 1.29 is 9.50 Å². The van der Waals surface area contributed by atoms with E-state index < -0.39 is 5.85 Å². The highest BCUT2D eigenvalue weighted by molar-refractivity contribution is 4.74. The topological polar surface area (TPSA) is 20.2 Å². The maximum atomic E-state index is 12.7. The van der Waals surface area contributed by atoms with Crippen LogP contribution in [-0.2, 0) is 0 Å². The second-order valence-electron chi connectivity index (χ2n) is 3.12. The van der Waals surface area contributed by atoms with Gasteiger partial charge >= 0.3 is 0 Å². The van der Waals surface area contributed by atoms with Crippen LogP contribution >= 0.6 is 0 Å². The molecule has 1 aliphatic rings. The molecule has 1 fully saturated rings. The Labute approximate surface area is 54.9 Å². The van der Waals surface area contributed by atoms with E-state index in [4.69, 9.17) is 5.11 Å². The van der Waals surface area contributed by atoms with Gasteiger partial charge in [0.15, 0.2) is 0 Å². The lowest BCUT2D eigenvalue weighted by atomic mass is 9.87. The lowest BCUT2D eigenvalue weighted by Crippen LogP contribution is -2.28. The molecular formula is C7H13FO. The van der Waals surface area contributed by atoms with E-state index >= 15 is 0 Å². The molecule has 9 heavy (non-hydrogen) atoms. The van der Waals surface area contributed by atoms with Gasteiger partial charge in [0.1, 0.15) is 0 Å². The Hall–Kier alpha value is -0.110. The van der Waals surface area contributed by atoms with Crippen LogP contribution in [0.5, 0.6) is 0 Å². The third-order valence-corrected chi connectivity index (χ3v) is 1.92. The molecule has 2 heteroatoms. The average Bonchev–Trinajstić information content (AvgIpc) is 1.60. The minimum atomic E-state index is -1.85. The van der Waals surface area contributed by atoms with Crippen LogP contribution in [0.1, 0.15) is 32.6 Å². The Morgan fingerprint density at radius 2 is 2.33 bits per heavy atom. The van der Waals surface area contributed by atoms with E-state index in [9.17, 15) is 4.39 Å². The molecule has 0 saturated heterocycles. The Balaban J connectivity index is 2.41. The van der Waals surface area contributed by atoms with Crippen LogP contribution < -0.4 is 0 Å². The molecule has 0 amide bonds. The van der Waals surface area contributed by atoms with Crippen LogP contribution in [-0.4, -0.2) is 11.0 Å². The Morgan fingerprint density at radius 1 is 1.67 bits per heavy atom. The summed E-state index contributed by atoms with van der Waals surface area (Å²) in [4.78, 5) is 0. The number of alkyl halides is 1. The number of aliphatic hydroxyl groups is 1. The molecular weight excluding hydrogens is 119 g/mol. The van der Waals surface area contributed by atoms with Gasteiger partial charge in [-0.15, -0.1) is 0 Å². The Bertz CT molecular complexity index is 101. The predicted octanol–water partition coefficient (Wildman–Crippen LogP) is 1.85. The molecule has 0 aromatic carbocycles. The molecule has 1 saturated carbocycles. The van der Waals surface area contributed by atoms with Crippen molar-refractivity contribution in [3.8, 4) is 0 Å². The SMILES string of the molecule is CC1CCCC(O)(F)C1. The summed E-state index contributed by atoms with van der Waals surface area (Å²) in [7, 11) is 0. The molecule has 0 aromatic heterocycles. The van der Waals surface area contributed by atoms with Gasteiger partial charge in [-0.25, -0.2) is 4.39 Å². The first-order chi connectivity index (χ1) is 4.10. The third-order valence-electron chi connectivity index (χ3n) is 1.92. The average molecular weight is 132 g/mol. The summed E-state index contributed by atoms with van der Waals surface area (Å²) >= 11 is 0. The van der Waals surface area contributed by atoms with Crippen molar-refractivity contribution in [2.24, 2.45) is 5.92 Å².